The van der Waals surface area contributed by atoms with Crippen molar-refractivity contribution in [2.75, 3.05) is 26.4 Å². The van der Waals surface area contributed by atoms with Crippen LogP contribution in [0.25, 0.3) is 0 Å². The zero-order valence-corrected chi connectivity index (χ0v) is 29.4. The molecule has 0 aliphatic heterocycles. The number of ether oxygens (including phenoxy) is 4. The summed E-state index contributed by atoms with van der Waals surface area (Å²) < 4.78 is 19.5. The first-order valence-electron chi connectivity index (χ1n) is 13.3. The monoisotopic (exact) mass is 831 g/mol. The molecule has 0 saturated heterocycles. The van der Waals surface area contributed by atoms with Crippen molar-refractivity contribution in [3.63, 3.8) is 0 Å². The van der Waals surface area contributed by atoms with Gasteiger partial charge in [0.15, 0.2) is 14.7 Å². The minimum absolute atomic E-state index is 0.0134. The van der Waals surface area contributed by atoms with Gasteiger partial charge in [-0.1, -0.05) is 63.4 Å². The molecule has 11 heteroatoms. The van der Waals surface area contributed by atoms with Crippen LogP contribution in [0.3, 0.4) is 0 Å². The van der Waals surface area contributed by atoms with Crippen LogP contribution in [0.4, 0.5) is 0 Å². The van der Waals surface area contributed by atoms with Gasteiger partial charge in [-0.15, -0.1) is 0 Å². The molecule has 3 aromatic rings. The Morgan fingerprint density at radius 3 is 1.21 bits per heavy atom. The van der Waals surface area contributed by atoms with Crippen LogP contribution in [0.5, 0.6) is 0 Å². The Bertz CT molecular complexity index is 1310. The van der Waals surface area contributed by atoms with Crippen LogP contribution >= 0.6 is 45.2 Å². The van der Waals surface area contributed by atoms with E-state index in [-0.39, 0.29) is 38.4 Å². The van der Waals surface area contributed by atoms with Crippen LogP contribution in [0.1, 0.15) is 48.4 Å². The van der Waals surface area contributed by atoms with Gasteiger partial charge in [-0.05, 0) is 88.4 Å². The second-order valence-corrected chi connectivity index (χ2v) is 17.6. The molecule has 8 nitrogen and oxygen atoms in total. The van der Waals surface area contributed by atoms with Gasteiger partial charge >= 0.3 is 23.9 Å². The summed E-state index contributed by atoms with van der Waals surface area (Å²) in [4.78, 5) is 51.8. The van der Waals surface area contributed by atoms with Crippen molar-refractivity contribution in [3.8, 4) is 0 Å². The lowest BCUT2D eigenvalue weighted by molar-refractivity contribution is -0.146. The minimum Gasteiger partial charge on any atom is -0.461 e. The molecule has 43 heavy (non-hydrogen) atoms. The van der Waals surface area contributed by atoms with Crippen molar-refractivity contribution in [1.29, 1.82) is 0 Å². The fourth-order valence-corrected chi connectivity index (χ4v) is 5.84. The molecule has 228 valence electrons. The molecule has 0 fully saturated rings. The van der Waals surface area contributed by atoms with Gasteiger partial charge < -0.3 is 18.9 Å². The molecule has 0 N–H and O–H groups in total. The number of esters is 4. The topological polar surface area (TPSA) is 105 Å². The fourth-order valence-electron chi connectivity index (χ4n) is 3.47. The van der Waals surface area contributed by atoms with E-state index in [1.165, 1.54) is 0 Å². The number of hydrogen-bond donors (Lipinski definition) is 0. The predicted molar refractivity (Wildman–Crippen MR) is 180 cm³/mol. The average Bonchev–Trinajstić information content (AvgIpc) is 2.97. The summed E-state index contributed by atoms with van der Waals surface area (Å²) in [5.74, 6) is -1.76. The van der Waals surface area contributed by atoms with Gasteiger partial charge in [-0.2, -0.15) is 0 Å². The van der Waals surface area contributed by atoms with E-state index >= 15 is 0 Å². The standard InChI is InChI=1S/C32H33I2O8S/c1-31(2,33)29(37)41-20-18-39-27(35)22-10-14-25(15-11-22)43(24-8-6-5-7-9-24)26-16-12-23(13-17-26)28(36)40-19-21-42-30(38)32(3,4)34/h5-17H,18-21H2,1-4H3/q+1. The number of benzene rings is 3. The average molecular weight is 831 g/mol. The van der Waals surface area contributed by atoms with Crippen LogP contribution in [0, 0.1) is 0 Å². The summed E-state index contributed by atoms with van der Waals surface area (Å²) in [5.41, 5.74) is 0.762. The van der Waals surface area contributed by atoms with E-state index in [0.717, 1.165) is 14.7 Å². The van der Waals surface area contributed by atoms with E-state index < -0.39 is 29.7 Å². The molecule has 3 rings (SSSR count). The van der Waals surface area contributed by atoms with Crippen LogP contribution in [-0.4, -0.2) is 57.1 Å². The van der Waals surface area contributed by atoms with Crippen LogP contribution < -0.4 is 0 Å². The number of halogens is 2. The lowest BCUT2D eigenvalue weighted by atomic mass is 10.2. The van der Waals surface area contributed by atoms with Gasteiger partial charge in [0, 0.05) is 0 Å². The zero-order chi connectivity index (χ0) is 31.6. The highest BCUT2D eigenvalue weighted by Gasteiger charge is 2.30. The van der Waals surface area contributed by atoms with Crippen molar-refractivity contribution in [2.24, 2.45) is 0 Å². The van der Waals surface area contributed by atoms with Gasteiger partial charge in [-0.25, -0.2) is 9.59 Å². The normalized spacial score (nSPS) is 11.5. The molecular weight excluding hydrogens is 798 g/mol. The summed E-state index contributed by atoms with van der Waals surface area (Å²) in [5, 5.41) is 0. The van der Waals surface area contributed by atoms with E-state index in [0.29, 0.717) is 11.1 Å². The second-order valence-electron chi connectivity index (χ2n) is 10.2. The Morgan fingerprint density at radius 2 is 0.860 bits per heavy atom. The van der Waals surface area contributed by atoms with Crippen LogP contribution in [0.15, 0.2) is 93.5 Å². The van der Waals surface area contributed by atoms with Gasteiger partial charge in [0.2, 0.25) is 0 Å². The highest BCUT2D eigenvalue weighted by molar-refractivity contribution is 14.1. The van der Waals surface area contributed by atoms with Crippen LogP contribution in [-0.2, 0) is 39.4 Å². The molecule has 0 aliphatic rings. The molecule has 0 unspecified atom stereocenters. The summed E-state index contributed by atoms with van der Waals surface area (Å²) in [6.07, 6.45) is 0. The van der Waals surface area contributed by atoms with E-state index in [9.17, 15) is 19.2 Å². The Labute approximate surface area is 281 Å². The SMILES string of the molecule is CC(C)(I)C(=O)OCCOC(=O)c1ccc([S+](c2ccccc2)c2ccc(C(=O)OCCOC(=O)C(C)(C)I)cc2)cc1. The van der Waals surface area contributed by atoms with E-state index in [4.69, 9.17) is 18.9 Å². The number of alkyl halides is 2. The predicted octanol–water partition coefficient (Wildman–Crippen LogP) is 6.61. The van der Waals surface area contributed by atoms with Crippen molar-refractivity contribution >= 4 is 80.0 Å². The quantitative estimate of drug-likeness (QED) is 0.0474. The smallest absolute Gasteiger partial charge is 0.338 e. The molecule has 0 saturated carbocycles. The lowest BCUT2D eigenvalue weighted by Crippen LogP contribution is -2.28. The first kappa shape index (κ1) is 34.8. The number of hydrogen-bond acceptors (Lipinski definition) is 8. The summed E-state index contributed by atoms with van der Waals surface area (Å²) in [6.45, 7) is 6.87. The Balaban J connectivity index is 1.66. The maximum atomic E-state index is 12.5. The van der Waals surface area contributed by atoms with E-state index in [1.807, 2.05) is 99.8 Å². The van der Waals surface area contributed by atoms with Gasteiger partial charge in [0.1, 0.15) is 33.3 Å². The second kappa shape index (κ2) is 15.9. The Hall–Kier alpha value is -2.65. The Morgan fingerprint density at radius 1 is 0.535 bits per heavy atom. The van der Waals surface area contributed by atoms with Crippen molar-refractivity contribution < 1.29 is 38.1 Å². The first-order valence-corrected chi connectivity index (χ1v) is 16.7. The van der Waals surface area contributed by atoms with Gasteiger partial charge in [0.25, 0.3) is 0 Å². The third-order valence-corrected chi connectivity index (χ3v) is 8.81. The fraction of sp³-hybridized carbons (Fsp3) is 0.312. The summed E-state index contributed by atoms with van der Waals surface area (Å²) in [7, 11) is -0.520. The number of rotatable bonds is 13. The molecule has 0 radical (unpaired) electrons. The van der Waals surface area contributed by atoms with Gasteiger partial charge in [-0.3, -0.25) is 9.59 Å². The molecule has 0 amide bonds. The third-order valence-electron chi connectivity index (χ3n) is 5.70. The molecule has 0 aliphatic carbocycles. The zero-order valence-electron chi connectivity index (χ0n) is 24.3. The molecule has 0 heterocycles. The van der Waals surface area contributed by atoms with Crippen molar-refractivity contribution in [2.45, 2.75) is 49.2 Å². The lowest BCUT2D eigenvalue weighted by Gasteiger charge is -2.14. The molecular formula is C32H33I2O8S+. The first-order chi connectivity index (χ1) is 20.3. The highest BCUT2D eigenvalue weighted by atomic mass is 127. The largest absolute Gasteiger partial charge is 0.461 e. The maximum absolute atomic E-state index is 12.5. The van der Waals surface area contributed by atoms with Gasteiger partial charge in [0.05, 0.1) is 22.0 Å². The maximum Gasteiger partial charge on any atom is 0.338 e. The van der Waals surface area contributed by atoms with Crippen LogP contribution in [0.2, 0.25) is 0 Å². The molecule has 0 aromatic heterocycles. The molecule has 0 atom stereocenters. The number of carbonyl (C=O) groups is 4. The van der Waals surface area contributed by atoms with Crippen molar-refractivity contribution in [3.05, 3.63) is 90.0 Å². The van der Waals surface area contributed by atoms with E-state index in [1.54, 1.807) is 52.0 Å². The molecule has 0 bridgehead atoms. The molecule has 0 spiro atoms. The number of carbonyl (C=O) groups excluding carboxylic acids is 4. The third kappa shape index (κ3) is 10.8. The highest BCUT2D eigenvalue weighted by Crippen LogP contribution is 2.31. The van der Waals surface area contributed by atoms with Crippen molar-refractivity contribution in [1.82, 2.24) is 0 Å². The van der Waals surface area contributed by atoms with E-state index in [2.05, 4.69) is 0 Å². The molecule has 3 aromatic carbocycles. The summed E-state index contributed by atoms with van der Waals surface area (Å²) >= 11 is 3.98. The Kier molecular flexibility index (Phi) is 12.9. The minimum atomic E-state index is -0.652. The summed E-state index contributed by atoms with van der Waals surface area (Å²) in [6, 6.07) is 24.3.